The van der Waals surface area contributed by atoms with Crippen LogP contribution in [0.4, 0.5) is 0 Å². The predicted octanol–water partition coefficient (Wildman–Crippen LogP) is -0.401. The molecule has 1 heterocycles. The molecule has 0 radical (unpaired) electrons. The van der Waals surface area contributed by atoms with Crippen LogP contribution < -0.4 is 5.56 Å². The van der Waals surface area contributed by atoms with Crippen molar-refractivity contribution < 1.29 is 28.7 Å². The van der Waals surface area contributed by atoms with Crippen molar-refractivity contribution in [2.24, 2.45) is 0 Å². The summed E-state index contributed by atoms with van der Waals surface area (Å²) in [6.45, 7) is 0. The van der Waals surface area contributed by atoms with Gasteiger partial charge in [0.25, 0.3) is 0 Å². The summed E-state index contributed by atoms with van der Waals surface area (Å²) in [5.74, 6) is 0. The number of aromatic amines is 1. The van der Waals surface area contributed by atoms with Crippen LogP contribution in [0.3, 0.4) is 0 Å². The SMILES string of the molecule is O=c1cc(CC(P(=O)(O)O)P(=O)(O)O)cc[nH]1. The lowest BCUT2D eigenvalue weighted by molar-refractivity contribution is 0.338. The van der Waals surface area contributed by atoms with Crippen molar-refractivity contribution in [1.29, 1.82) is 0 Å². The molecule has 0 spiro atoms. The van der Waals surface area contributed by atoms with Crippen LogP contribution in [0, 0.1) is 0 Å². The summed E-state index contributed by atoms with van der Waals surface area (Å²) in [5.41, 5.74) is -0.372. The standard InChI is InChI=1S/C7H11NO7P2/c9-6-3-5(1-2-8-6)4-7(16(10,11)12)17(13,14)15/h1-3,7H,4H2,(H,8,9)(H2,10,11,12)(H2,13,14,15). The Morgan fingerprint density at radius 1 is 1.18 bits per heavy atom. The van der Waals surface area contributed by atoms with Crippen molar-refractivity contribution in [3.05, 3.63) is 34.2 Å². The highest BCUT2D eigenvalue weighted by Crippen LogP contribution is 2.60. The van der Waals surface area contributed by atoms with E-state index in [2.05, 4.69) is 4.98 Å². The van der Waals surface area contributed by atoms with Gasteiger partial charge in [-0.05, 0) is 18.1 Å². The Morgan fingerprint density at radius 2 is 1.71 bits per heavy atom. The maximum atomic E-state index is 11.0. The Balaban J connectivity index is 3.08. The monoisotopic (exact) mass is 283 g/mol. The summed E-state index contributed by atoms with van der Waals surface area (Å²) >= 11 is 0. The van der Waals surface area contributed by atoms with E-state index in [1.807, 2.05) is 0 Å². The number of pyridine rings is 1. The first kappa shape index (κ1) is 14.3. The third-order valence-electron chi connectivity index (χ3n) is 2.03. The van der Waals surface area contributed by atoms with Gasteiger partial charge in [-0.3, -0.25) is 13.9 Å². The lowest BCUT2D eigenvalue weighted by Crippen LogP contribution is -2.14. The average Bonchev–Trinajstić information content (AvgIpc) is 2.10. The molecule has 1 rings (SSSR count). The summed E-state index contributed by atoms with van der Waals surface area (Å²) in [6, 6.07) is 2.35. The zero-order valence-electron chi connectivity index (χ0n) is 8.42. The van der Waals surface area contributed by atoms with Crippen molar-refractivity contribution in [2.75, 3.05) is 0 Å². The van der Waals surface area contributed by atoms with Crippen LogP contribution in [-0.2, 0) is 15.6 Å². The molecule has 0 aromatic carbocycles. The molecule has 96 valence electrons. The lowest BCUT2D eigenvalue weighted by atomic mass is 10.2. The van der Waals surface area contributed by atoms with Gasteiger partial charge in [0.2, 0.25) is 5.56 Å². The van der Waals surface area contributed by atoms with Crippen molar-refractivity contribution in [2.45, 2.75) is 11.8 Å². The topological polar surface area (TPSA) is 148 Å². The molecule has 1 aromatic heterocycles. The van der Waals surface area contributed by atoms with Crippen LogP contribution in [0.15, 0.2) is 23.1 Å². The van der Waals surface area contributed by atoms with Gasteiger partial charge in [-0.1, -0.05) is 0 Å². The van der Waals surface area contributed by atoms with Crippen molar-refractivity contribution in [1.82, 2.24) is 4.98 Å². The molecule has 1 aromatic rings. The fourth-order valence-corrected chi connectivity index (χ4v) is 3.73. The molecule has 0 aliphatic rings. The van der Waals surface area contributed by atoms with E-state index in [9.17, 15) is 13.9 Å². The van der Waals surface area contributed by atoms with Crippen molar-refractivity contribution in [3.8, 4) is 0 Å². The van der Waals surface area contributed by atoms with E-state index in [4.69, 9.17) is 19.6 Å². The number of hydrogen-bond acceptors (Lipinski definition) is 3. The first-order valence-corrected chi connectivity index (χ1v) is 7.75. The fourth-order valence-electron chi connectivity index (χ4n) is 1.26. The molecule has 0 saturated carbocycles. The molecule has 0 fully saturated rings. The van der Waals surface area contributed by atoms with E-state index in [1.165, 1.54) is 12.3 Å². The molecule has 0 saturated heterocycles. The molecule has 0 atom stereocenters. The summed E-state index contributed by atoms with van der Waals surface area (Å²) in [7, 11) is -9.91. The highest BCUT2D eigenvalue weighted by Gasteiger charge is 2.43. The zero-order valence-corrected chi connectivity index (χ0v) is 10.2. The van der Waals surface area contributed by atoms with E-state index >= 15 is 0 Å². The highest BCUT2D eigenvalue weighted by molar-refractivity contribution is 7.70. The molecule has 0 bridgehead atoms. The van der Waals surface area contributed by atoms with E-state index in [0.717, 1.165) is 6.07 Å². The number of rotatable bonds is 4. The number of aromatic nitrogens is 1. The molecule has 0 aliphatic heterocycles. The van der Waals surface area contributed by atoms with E-state index in [-0.39, 0.29) is 5.56 Å². The molecular weight excluding hydrogens is 272 g/mol. The van der Waals surface area contributed by atoms with E-state index in [1.54, 1.807) is 0 Å². The first-order valence-electron chi connectivity index (χ1n) is 4.39. The van der Waals surface area contributed by atoms with Gasteiger partial charge in [0.05, 0.1) is 0 Å². The van der Waals surface area contributed by atoms with Crippen LogP contribution >= 0.6 is 15.2 Å². The molecule has 8 nitrogen and oxygen atoms in total. The van der Waals surface area contributed by atoms with Crippen LogP contribution in [0.1, 0.15) is 5.56 Å². The van der Waals surface area contributed by atoms with Gasteiger partial charge in [0.15, 0.2) is 5.40 Å². The van der Waals surface area contributed by atoms with Gasteiger partial charge >= 0.3 is 15.2 Å². The Hall–Kier alpha value is -0.750. The number of H-pyrrole nitrogens is 1. The second-order valence-corrected chi connectivity index (χ2v) is 7.43. The van der Waals surface area contributed by atoms with Crippen LogP contribution in [-0.4, -0.2) is 30.0 Å². The summed E-state index contributed by atoms with van der Waals surface area (Å²) in [4.78, 5) is 48.7. The summed E-state index contributed by atoms with van der Waals surface area (Å²) < 4.78 is 22.0. The highest BCUT2D eigenvalue weighted by atomic mass is 31.2. The molecule has 0 amide bonds. The average molecular weight is 283 g/mol. The number of hydrogen-bond donors (Lipinski definition) is 5. The van der Waals surface area contributed by atoms with Crippen molar-refractivity contribution >= 4 is 15.2 Å². The van der Waals surface area contributed by atoms with Crippen molar-refractivity contribution in [3.63, 3.8) is 0 Å². The zero-order chi connectivity index (χ0) is 13.3. The van der Waals surface area contributed by atoms with Gasteiger partial charge in [-0.15, -0.1) is 0 Å². The molecule has 0 aliphatic carbocycles. The van der Waals surface area contributed by atoms with Gasteiger partial charge in [-0.25, -0.2) is 0 Å². The normalized spacial score (nSPS) is 13.0. The molecule has 5 N–H and O–H groups in total. The second kappa shape index (κ2) is 4.86. The summed E-state index contributed by atoms with van der Waals surface area (Å²) in [6.07, 6.45) is 0.659. The van der Waals surface area contributed by atoms with Gasteiger partial charge in [-0.2, -0.15) is 0 Å². The maximum Gasteiger partial charge on any atom is 0.341 e. The minimum absolute atomic E-state index is 0.144. The largest absolute Gasteiger partial charge is 0.341 e. The van der Waals surface area contributed by atoms with E-state index < -0.39 is 32.6 Å². The maximum absolute atomic E-state index is 11.0. The van der Waals surface area contributed by atoms with Gasteiger partial charge in [0.1, 0.15) is 0 Å². The van der Waals surface area contributed by atoms with E-state index in [0.29, 0.717) is 0 Å². The predicted molar refractivity (Wildman–Crippen MR) is 58.6 cm³/mol. The smallest absolute Gasteiger partial charge is 0.329 e. The molecule has 17 heavy (non-hydrogen) atoms. The Kier molecular flexibility index (Phi) is 4.09. The minimum atomic E-state index is -4.95. The molecule has 10 heteroatoms. The molecular formula is C7H11NO7P2. The van der Waals surface area contributed by atoms with Gasteiger partial charge < -0.3 is 24.6 Å². The Morgan fingerprint density at radius 3 is 2.12 bits per heavy atom. The molecule has 0 unspecified atom stereocenters. The Bertz CT molecular complexity index is 519. The Labute approximate surface area is 95.6 Å². The third kappa shape index (κ3) is 4.20. The fraction of sp³-hybridized carbons (Fsp3) is 0.286. The minimum Gasteiger partial charge on any atom is -0.329 e. The lowest BCUT2D eigenvalue weighted by Gasteiger charge is -2.19. The first-order chi connectivity index (χ1) is 7.60. The van der Waals surface area contributed by atoms with Gasteiger partial charge in [0, 0.05) is 12.3 Å². The summed E-state index contributed by atoms with van der Waals surface area (Å²) in [5, 5.41) is -2.13. The van der Waals surface area contributed by atoms with Crippen LogP contribution in [0.5, 0.6) is 0 Å². The third-order valence-corrected chi connectivity index (χ3v) is 5.76. The quantitative estimate of drug-likeness (QED) is 0.472. The second-order valence-electron chi connectivity index (χ2n) is 3.42. The van der Waals surface area contributed by atoms with Crippen LogP contribution in [0.2, 0.25) is 0 Å². The number of nitrogens with one attached hydrogen (secondary N) is 1. The van der Waals surface area contributed by atoms with Crippen LogP contribution in [0.25, 0.3) is 0 Å².